The van der Waals surface area contributed by atoms with Crippen molar-refractivity contribution in [3.05, 3.63) is 87.0 Å². The van der Waals surface area contributed by atoms with Crippen LogP contribution < -0.4 is 5.32 Å². The summed E-state index contributed by atoms with van der Waals surface area (Å²) in [7, 11) is 0. The van der Waals surface area contributed by atoms with E-state index in [4.69, 9.17) is 28.2 Å². The highest BCUT2D eigenvalue weighted by Gasteiger charge is 2.19. The minimum absolute atomic E-state index is 0.197. The number of hydrogen-bond donors (Lipinski definition) is 1. The molecule has 146 valence electrons. The van der Waals surface area contributed by atoms with E-state index in [0.29, 0.717) is 27.1 Å². The summed E-state index contributed by atoms with van der Waals surface area (Å²) < 4.78 is 1.88. The minimum atomic E-state index is -0.197. The van der Waals surface area contributed by atoms with Gasteiger partial charge in [0.2, 0.25) is 0 Å². The maximum atomic E-state index is 13.0. The van der Waals surface area contributed by atoms with Crippen LogP contribution in [0, 0.1) is 20.8 Å². The van der Waals surface area contributed by atoms with Crippen molar-refractivity contribution in [2.45, 2.75) is 20.8 Å². The van der Waals surface area contributed by atoms with Crippen LogP contribution in [0.1, 0.15) is 27.0 Å². The molecule has 6 heteroatoms. The quantitative estimate of drug-likeness (QED) is 0.409. The summed E-state index contributed by atoms with van der Waals surface area (Å²) in [5.74, 6) is 0.392. The highest BCUT2D eigenvalue weighted by molar-refractivity contribution is 6.42. The molecule has 0 atom stereocenters. The highest BCUT2D eigenvalue weighted by Crippen LogP contribution is 2.34. The molecule has 2 aromatic heterocycles. The largest absolute Gasteiger partial charge is 0.306 e. The van der Waals surface area contributed by atoms with Gasteiger partial charge in [-0.15, -0.1) is 0 Å². The van der Waals surface area contributed by atoms with Gasteiger partial charge in [-0.2, -0.15) is 0 Å². The number of halogens is 2. The fourth-order valence-electron chi connectivity index (χ4n) is 3.23. The van der Waals surface area contributed by atoms with Crippen molar-refractivity contribution in [1.29, 1.82) is 0 Å². The van der Waals surface area contributed by atoms with Gasteiger partial charge in [0.25, 0.3) is 5.91 Å². The third-order valence-electron chi connectivity index (χ3n) is 5.04. The number of anilines is 1. The number of aromatic nitrogens is 2. The molecule has 0 aliphatic heterocycles. The third kappa shape index (κ3) is 3.61. The van der Waals surface area contributed by atoms with Crippen LogP contribution in [-0.4, -0.2) is 15.3 Å². The van der Waals surface area contributed by atoms with E-state index in [9.17, 15) is 4.79 Å². The second-order valence-corrected chi connectivity index (χ2v) is 7.89. The van der Waals surface area contributed by atoms with Crippen LogP contribution in [-0.2, 0) is 0 Å². The lowest BCUT2D eigenvalue weighted by atomic mass is 10.1. The highest BCUT2D eigenvalue weighted by atomic mass is 35.5. The lowest BCUT2D eigenvalue weighted by Crippen LogP contribution is -2.14. The molecule has 4 aromatic rings. The second-order valence-electron chi connectivity index (χ2n) is 7.08. The fourth-order valence-corrected chi connectivity index (χ4v) is 3.53. The summed E-state index contributed by atoms with van der Waals surface area (Å²) in [5.41, 5.74) is 5.98. The van der Waals surface area contributed by atoms with E-state index in [1.54, 1.807) is 12.1 Å². The van der Waals surface area contributed by atoms with Crippen LogP contribution in [0.3, 0.4) is 0 Å². The van der Waals surface area contributed by atoms with E-state index in [1.807, 2.05) is 67.8 Å². The second kappa shape index (κ2) is 7.54. The number of carbonyl (C=O) groups is 1. The predicted molar refractivity (Wildman–Crippen MR) is 119 cm³/mol. The Kier molecular flexibility index (Phi) is 5.07. The zero-order chi connectivity index (χ0) is 20.7. The van der Waals surface area contributed by atoms with Crippen LogP contribution >= 0.6 is 23.2 Å². The molecule has 1 amide bonds. The molecule has 0 aliphatic rings. The van der Waals surface area contributed by atoms with E-state index in [-0.39, 0.29) is 5.91 Å². The molecule has 0 radical (unpaired) electrons. The lowest BCUT2D eigenvalue weighted by Gasteiger charge is -2.10. The number of amides is 1. The van der Waals surface area contributed by atoms with Crippen LogP contribution in [0.5, 0.6) is 0 Å². The number of rotatable bonds is 3. The Balaban J connectivity index is 1.85. The average molecular weight is 424 g/mol. The maximum Gasteiger partial charge on any atom is 0.256 e. The first-order valence-electron chi connectivity index (χ1n) is 9.17. The number of aryl methyl sites for hydroxylation is 3. The Morgan fingerprint density at radius 1 is 0.931 bits per heavy atom. The average Bonchev–Trinajstić information content (AvgIpc) is 3.06. The fraction of sp³-hybridized carbons (Fsp3) is 0.130. The zero-order valence-corrected chi connectivity index (χ0v) is 17.8. The van der Waals surface area contributed by atoms with Gasteiger partial charge < -0.3 is 5.32 Å². The first-order chi connectivity index (χ1) is 13.8. The molecule has 2 heterocycles. The van der Waals surface area contributed by atoms with Gasteiger partial charge in [-0.3, -0.25) is 9.20 Å². The first-order valence-corrected chi connectivity index (χ1v) is 9.92. The lowest BCUT2D eigenvalue weighted by molar-refractivity contribution is 0.102. The van der Waals surface area contributed by atoms with Gasteiger partial charge >= 0.3 is 0 Å². The predicted octanol–water partition coefficient (Wildman–Crippen LogP) is 6.49. The van der Waals surface area contributed by atoms with Crippen molar-refractivity contribution in [2.24, 2.45) is 0 Å². The van der Waals surface area contributed by atoms with Crippen LogP contribution in [0.15, 0.2) is 54.7 Å². The van der Waals surface area contributed by atoms with E-state index in [1.165, 1.54) is 0 Å². The summed E-state index contributed by atoms with van der Waals surface area (Å²) >= 11 is 12.3. The maximum absolute atomic E-state index is 13.0. The molecular weight excluding hydrogens is 405 g/mol. The summed E-state index contributed by atoms with van der Waals surface area (Å²) in [6.45, 7) is 5.99. The van der Waals surface area contributed by atoms with Crippen molar-refractivity contribution < 1.29 is 4.79 Å². The molecule has 0 spiro atoms. The summed E-state index contributed by atoms with van der Waals surface area (Å²) in [6, 6.07) is 14.9. The molecular formula is C23H19Cl2N3O. The minimum Gasteiger partial charge on any atom is -0.306 e. The Morgan fingerprint density at radius 3 is 2.45 bits per heavy atom. The van der Waals surface area contributed by atoms with Gasteiger partial charge in [-0.05, 0) is 67.8 Å². The molecule has 4 nitrogen and oxygen atoms in total. The number of benzene rings is 2. The van der Waals surface area contributed by atoms with E-state index in [2.05, 4.69) is 5.32 Å². The molecule has 0 unspecified atom stereocenters. The van der Waals surface area contributed by atoms with Crippen LogP contribution in [0.2, 0.25) is 10.0 Å². The van der Waals surface area contributed by atoms with Crippen molar-refractivity contribution >= 4 is 40.6 Å². The van der Waals surface area contributed by atoms with Crippen molar-refractivity contribution in [1.82, 2.24) is 9.38 Å². The summed E-state index contributed by atoms with van der Waals surface area (Å²) in [4.78, 5) is 17.8. The molecule has 0 saturated heterocycles. The van der Waals surface area contributed by atoms with E-state index < -0.39 is 0 Å². The number of imidazole rings is 1. The van der Waals surface area contributed by atoms with Gasteiger partial charge in [0.05, 0.1) is 10.0 Å². The summed E-state index contributed by atoms with van der Waals surface area (Å²) in [6.07, 6.45) is 1.88. The van der Waals surface area contributed by atoms with Gasteiger partial charge in [-0.1, -0.05) is 41.4 Å². The van der Waals surface area contributed by atoms with Crippen LogP contribution in [0.4, 0.5) is 5.82 Å². The van der Waals surface area contributed by atoms with Gasteiger partial charge in [0.15, 0.2) is 0 Å². The van der Waals surface area contributed by atoms with E-state index in [0.717, 1.165) is 27.9 Å². The molecule has 0 saturated carbocycles. The monoisotopic (exact) mass is 423 g/mol. The molecule has 0 bridgehead atoms. The molecule has 4 rings (SSSR count). The standard InChI is InChI=1S/C23H19Cl2N3O/c1-13-6-7-17(11-15(13)3)23(29)27-22-20(16-8-9-18(24)19(25)12-16)26-21-14(2)5-4-10-28(21)22/h4-12H,1-3H3,(H,27,29). The topological polar surface area (TPSA) is 46.4 Å². The van der Waals surface area contributed by atoms with Gasteiger partial charge in [0.1, 0.15) is 17.2 Å². The van der Waals surface area contributed by atoms with Crippen molar-refractivity contribution in [3.8, 4) is 11.3 Å². The molecule has 1 N–H and O–H groups in total. The first kappa shape index (κ1) is 19.5. The summed E-state index contributed by atoms with van der Waals surface area (Å²) in [5, 5.41) is 3.94. The number of pyridine rings is 1. The zero-order valence-electron chi connectivity index (χ0n) is 16.3. The van der Waals surface area contributed by atoms with Crippen molar-refractivity contribution in [3.63, 3.8) is 0 Å². The Morgan fingerprint density at radius 2 is 1.72 bits per heavy atom. The molecule has 0 aliphatic carbocycles. The van der Waals surface area contributed by atoms with E-state index >= 15 is 0 Å². The molecule has 0 fully saturated rings. The number of fused-ring (bicyclic) bond motifs is 1. The van der Waals surface area contributed by atoms with Gasteiger partial charge in [-0.25, -0.2) is 4.98 Å². The SMILES string of the molecule is Cc1ccc(C(=O)Nc2c(-c3ccc(Cl)c(Cl)c3)nc3c(C)cccn23)cc1C. The molecule has 2 aromatic carbocycles. The Labute approximate surface area is 179 Å². The third-order valence-corrected chi connectivity index (χ3v) is 5.78. The Bertz CT molecular complexity index is 1260. The van der Waals surface area contributed by atoms with Crippen molar-refractivity contribution in [2.75, 3.05) is 5.32 Å². The van der Waals surface area contributed by atoms with Gasteiger partial charge in [0, 0.05) is 17.3 Å². The number of carbonyl (C=O) groups excluding carboxylic acids is 1. The molecule has 29 heavy (non-hydrogen) atoms. The number of nitrogens with zero attached hydrogens (tertiary/aromatic N) is 2. The number of hydrogen-bond acceptors (Lipinski definition) is 2. The number of nitrogens with one attached hydrogen (secondary N) is 1. The smallest absolute Gasteiger partial charge is 0.256 e. The normalized spacial score (nSPS) is 11.1. The van der Waals surface area contributed by atoms with Crippen LogP contribution in [0.25, 0.3) is 16.9 Å². The Hall–Kier alpha value is -2.82.